The van der Waals surface area contributed by atoms with E-state index in [1.165, 1.54) is 17.0 Å². The first kappa shape index (κ1) is 19.2. The SMILES string of the molecule is CN(C)c1ccc(CNC(=O)C[NH+]2CCN(c3ccc(F)cc3)CC2)cc1. The van der Waals surface area contributed by atoms with Crippen LogP contribution >= 0.6 is 0 Å². The fraction of sp³-hybridized carbons (Fsp3) is 0.381. The van der Waals surface area contributed by atoms with Crippen molar-refractivity contribution >= 4 is 17.3 Å². The summed E-state index contributed by atoms with van der Waals surface area (Å²) in [5.74, 6) is -0.132. The van der Waals surface area contributed by atoms with Gasteiger partial charge in [-0.3, -0.25) is 4.79 Å². The van der Waals surface area contributed by atoms with Gasteiger partial charge in [0.1, 0.15) is 5.82 Å². The van der Waals surface area contributed by atoms with E-state index in [2.05, 4.69) is 27.2 Å². The van der Waals surface area contributed by atoms with Crippen molar-refractivity contribution in [3.05, 3.63) is 59.9 Å². The number of nitrogens with one attached hydrogen (secondary N) is 2. The van der Waals surface area contributed by atoms with Gasteiger partial charge in [0.25, 0.3) is 5.91 Å². The summed E-state index contributed by atoms with van der Waals surface area (Å²) in [6.45, 7) is 4.61. The molecule has 0 spiro atoms. The zero-order chi connectivity index (χ0) is 19.2. The Hall–Kier alpha value is -2.60. The molecule has 0 radical (unpaired) electrons. The molecule has 1 aliphatic rings. The normalized spacial score (nSPS) is 14.9. The van der Waals surface area contributed by atoms with Gasteiger partial charge >= 0.3 is 0 Å². The topological polar surface area (TPSA) is 40.0 Å². The van der Waals surface area contributed by atoms with Gasteiger partial charge in [-0.25, -0.2) is 4.39 Å². The van der Waals surface area contributed by atoms with Gasteiger partial charge in [-0.2, -0.15) is 0 Å². The summed E-state index contributed by atoms with van der Waals surface area (Å²) in [4.78, 5) is 17.8. The third-order valence-corrected chi connectivity index (χ3v) is 5.02. The zero-order valence-corrected chi connectivity index (χ0v) is 16.0. The number of amides is 1. The summed E-state index contributed by atoms with van der Waals surface area (Å²) in [7, 11) is 4.02. The molecule has 27 heavy (non-hydrogen) atoms. The lowest BCUT2D eigenvalue weighted by Gasteiger charge is -2.33. The van der Waals surface area contributed by atoms with E-state index in [9.17, 15) is 9.18 Å². The number of quaternary nitrogens is 1. The van der Waals surface area contributed by atoms with Crippen LogP contribution in [0.25, 0.3) is 0 Å². The fourth-order valence-electron chi connectivity index (χ4n) is 3.31. The van der Waals surface area contributed by atoms with Gasteiger partial charge in [0.05, 0.1) is 26.2 Å². The maximum atomic E-state index is 13.0. The van der Waals surface area contributed by atoms with E-state index in [0.29, 0.717) is 13.1 Å². The van der Waals surface area contributed by atoms with Crippen LogP contribution in [0.1, 0.15) is 5.56 Å². The highest BCUT2D eigenvalue weighted by molar-refractivity contribution is 5.76. The van der Waals surface area contributed by atoms with Crippen LogP contribution in [0, 0.1) is 5.82 Å². The van der Waals surface area contributed by atoms with E-state index < -0.39 is 0 Å². The second-order valence-corrected chi connectivity index (χ2v) is 7.23. The molecule has 2 aromatic rings. The highest BCUT2D eigenvalue weighted by atomic mass is 19.1. The average Bonchev–Trinajstić information content (AvgIpc) is 2.68. The van der Waals surface area contributed by atoms with E-state index in [1.807, 2.05) is 38.4 Å². The first-order chi connectivity index (χ1) is 13.0. The van der Waals surface area contributed by atoms with Gasteiger partial charge in [0.2, 0.25) is 0 Å². The quantitative estimate of drug-likeness (QED) is 0.793. The maximum absolute atomic E-state index is 13.0. The number of hydrogen-bond acceptors (Lipinski definition) is 3. The summed E-state index contributed by atoms with van der Waals surface area (Å²) in [6.07, 6.45) is 0. The largest absolute Gasteiger partial charge is 0.378 e. The molecule has 1 amide bonds. The predicted molar refractivity (Wildman–Crippen MR) is 107 cm³/mol. The molecule has 1 saturated heterocycles. The van der Waals surface area contributed by atoms with Crippen LogP contribution in [-0.4, -0.2) is 52.7 Å². The van der Waals surface area contributed by atoms with E-state index in [1.54, 1.807) is 0 Å². The maximum Gasteiger partial charge on any atom is 0.275 e. The van der Waals surface area contributed by atoms with E-state index in [-0.39, 0.29) is 11.7 Å². The Morgan fingerprint density at radius 2 is 1.70 bits per heavy atom. The van der Waals surface area contributed by atoms with Crippen molar-refractivity contribution in [1.82, 2.24) is 5.32 Å². The van der Waals surface area contributed by atoms with Gasteiger partial charge in [0, 0.05) is 32.0 Å². The van der Waals surface area contributed by atoms with Crippen LogP contribution in [0.15, 0.2) is 48.5 Å². The molecule has 1 heterocycles. The van der Waals surface area contributed by atoms with E-state index >= 15 is 0 Å². The Morgan fingerprint density at radius 3 is 2.30 bits per heavy atom. The Balaban J connectivity index is 1.40. The minimum absolute atomic E-state index is 0.0805. The number of benzene rings is 2. The molecule has 0 saturated carbocycles. The molecule has 2 aromatic carbocycles. The second kappa shape index (κ2) is 8.86. The third-order valence-electron chi connectivity index (χ3n) is 5.02. The molecular formula is C21H28FN4O+. The molecule has 1 aliphatic heterocycles. The number of hydrogen-bond donors (Lipinski definition) is 2. The van der Waals surface area contributed by atoms with Crippen molar-refractivity contribution in [3.8, 4) is 0 Å². The summed E-state index contributed by atoms with van der Waals surface area (Å²) >= 11 is 0. The highest BCUT2D eigenvalue weighted by Crippen LogP contribution is 2.14. The number of anilines is 2. The molecule has 0 aliphatic carbocycles. The van der Waals surface area contributed by atoms with Gasteiger partial charge in [0.15, 0.2) is 6.54 Å². The smallest absolute Gasteiger partial charge is 0.275 e. The molecule has 6 heteroatoms. The molecule has 5 nitrogen and oxygen atoms in total. The Morgan fingerprint density at radius 1 is 1.07 bits per heavy atom. The number of carbonyl (C=O) groups is 1. The fourth-order valence-corrected chi connectivity index (χ4v) is 3.31. The van der Waals surface area contributed by atoms with Gasteiger partial charge in [-0.05, 0) is 42.0 Å². The molecule has 144 valence electrons. The third kappa shape index (κ3) is 5.44. The molecular weight excluding hydrogens is 343 g/mol. The van der Waals surface area contributed by atoms with Crippen molar-refractivity contribution in [1.29, 1.82) is 0 Å². The summed E-state index contributed by atoms with van der Waals surface area (Å²) in [6, 6.07) is 14.8. The van der Waals surface area contributed by atoms with Crippen molar-refractivity contribution in [2.24, 2.45) is 0 Å². The molecule has 0 unspecified atom stereocenters. The minimum Gasteiger partial charge on any atom is -0.378 e. The molecule has 2 N–H and O–H groups in total. The van der Waals surface area contributed by atoms with Crippen LogP contribution in [-0.2, 0) is 11.3 Å². The lowest BCUT2D eigenvalue weighted by molar-refractivity contribution is -0.892. The highest BCUT2D eigenvalue weighted by Gasteiger charge is 2.22. The van der Waals surface area contributed by atoms with Crippen molar-refractivity contribution in [3.63, 3.8) is 0 Å². The van der Waals surface area contributed by atoms with E-state index in [0.717, 1.165) is 43.1 Å². The first-order valence-electron chi connectivity index (χ1n) is 9.38. The van der Waals surface area contributed by atoms with E-state index in [4.69, 9.17) is 0 Å². The van der Waals surface area contributed by atoms with Crippen LogP contribution in [0.4, 0.5) is 15.8 Å². The number of halogens is 1. The lowest BCUT2D eigenvalue weighted by Crippen LogP contribution is -3.15. The Kier molecular flexibility index (Phi) is 6.29. The monoisotopic (exact) mass is 371 g/mol. The van der Waals surface area contributed by atoms with Crippen molar-refractivity contribution in [2.75, 3.05) is 56.6 Å². The molecule has 0 atom stereocenters. The van der Waals surface area contributed by atoms with Crippen LogP contribution < -0.4 is 20.0 Å². The average molecular weight is 371 g/mol. The summed E-state index contributed by atoms with van der Waals surface area (Å²) in [5, 5.41) is 3.02. The van der Waals surface area contributed by atoms with Crippen LogP contribution in [0.5, 0.6) is 0 Å². The van der Waals surface area contributed by atoms with Gasteiger partial charge < -0.3 is 20.0 Å². The predicted octanol–water partition coefficient (Wildman–Crippen LogP) is 0.913. The van der Waals surface area contributed by atoms with Crippen molar-refractivity contribution in [2.45, 2.75) is 6.54 Å². The second-order valence-electron chi connectivity index (χ2n) is 7.23. The number of carbonyl (C=O) groups excluding carboxylic acids is 1. The zero-order valence-electron chi connectivity index (χ0n) is 16.0. The molecule has 0 bridgehead atoms. The standard InChI is InChI=1S/C21H27FN4O/c1-24(2)19-7-3-17(4-8-19)15-23-21(27)16-25-11-13-26(14-12-25)20-9-5-18(22)6-10-20/h3-10H,11-16H2,1-2H3,(H,23,27)/p+1. The lowest BCUT2D eigenvalue weighted by atomic mass is 10.2. The molecule has 1 fully saturated rings. The Bertz CT molecular complexity index is 738. The van der Waals surface area contributed by atoms with Crippen molar-refractivity contribution < 1.29 is 14.1 Å². The Labute approximate surface area is 160 Å². The first-order valence-corrected chi connectivity index (χ1v) is 9.38. The van der Waals surface area contributed by atoms with Crippen LogP contribution in [0.3, 0.4) is 0 Å². The minimum atomic E-state index is -0.212. The van der Waals surface area contributed by atoms with Gasteiger partial charge in [-0.15, -0.1) is 0 Å². The van der Waals surface area contributed by atoms with Gasteiger partial charge in [-0.1, -0.05) is 12.1 Å². The molecule has 3 rings (SSSR count). The molecule has 0 aromatic heterocycles. The number of piperazine rings is 1. The number of rotatable bonds is 6. The summed E-state index contributed by atoms with van der Waals surface area (Å²) in [5.41, 5.74) is 3.29. The summed E-state index contributed by atoms with van der Waals surface area (Å²) < 4.78 is 13.0. The van der Waals surface area contributed by atoms with Crippen LogP contribution in [0.2, 0.25) is 0 Å². The number of nitrogens with zero attached hydrogens (tertiary/aromatic N) is 2.